The van der Waals surface area contributed by atoms with Gasteiger partial charge in [-0.1, -0.05) is 19.1 Å². The van der Waals surface area contributed by atoms with E-state index in [4.69, 9.17) is 9.72 Å². The Kier molecular flexibility index (Phi) is 7.82. The predicted molar refractivity (Wildman–Crippen MR) is 132 cm³/mol. The highest BCUT2D eigenvalue weighted by Gasteiger charge is 2.23. The fourth-order valence-electron chi connectivity index (χ4n) is 4.33. The van der Waals surface area contributed by atoms with Gasteiger partial charge in [0, 0.05) is 31.4 Å². The molecule has 0 radical (unpaired) electrons. The van der Waals surface area contributed by atoms with Crippen LogP contribution < -0.4 is 15.4 Å². The largest absolute Gasteiger partial charge is 0.494 e. The molecule has 9 nitrogen and oxygen atoms in total. The van der Waals surface area contributed by atoms with Crippen LogP contribution in [-0.4, -0.2) is 45.4 Å². The van der Waals surface area contributed by atoms with Crippen LogP contribution in [0.4, 0.5) is 10.2 Å². The van der Waals surface area contributed by atoms with Crippen molar-refractivity contribution in [3.63, 3.8) is 0 Å². The number of aliphatic carboxylic acids is 1. The normalized spacial score (nSPS) is 13.4. The van der Waals surface area contributed by atoms with Gasteiger partial charge in [-0.15, -0.1) is 0 Å². The van der Waals surface area contributed by atoms with E-state index in [0.717, 1.165) is 30.9 Å². The van der Waals surface area contributed by atoms with Crippen molar-refractivity contribution in [3.05, 3.63) is 70.4 Å². The molecule has 0 bridgehead atoms. The number of ether oxygens (including phenoxy) is 1. The Morgan fingerprint density at radius 3 is 2.86 bits per heavy atom. The van der Waals surface area contributed by atoms with E-state index in [9.17, 15) is 19.1 Å². The number of nitrogens with one attached hydrogen (secondary N) is 2. The number of anilines is 1. The van der Waals surface area contributed by atoms with Crippen LogP contribution in [0, 0.1) is 5.82 Å². The fourth-order valence-corrected chi connectivity index (χ4v) is 4.33. The first-order chi connectivity index (χ1) is 17.4. The number of rotatable bonds is 10. The average Bonchev–Trinajstić information content (AvgIpc) is 3.30. The molecule has 0 saturated heterocycles. The summed E-state index contributed by atoms with van der Waals surface area (Å²) in [5, 5.41) is 20.0. The smallest absolute Gasteiger partial charge is 0.305 e. The van der Waals surface area contributed by atoms with Gasteiger partial charge in [-0.2, -0.15) is 5.10 Å². The monoisotopic (exact) mass is 495 g/mol. The van der Waals surface area contributed by atoms with Crippen LogP contribution in [-0.2, 0) is 30.6 Å². The maximum Gasteiger partial charge on any atom is 0.305 e. The minimum Gasteiger partial charge on any atom is -0.494 e. The fraction of sp³-hybridized carbons (Fsp3) is 0.385. The summed E-state index contributed by atoms with van der Waals surface area (Å²) < 4.78 is 20.9. The molecular weight excluding hydrogens is 465 g/mol. The second-order valence-electron chi connectivity index (χ2n) is 8.71. The van der Waals surface area contributed by atoms with Crippen molar-refractivity contribution in [1.29, 1.82) is 0 Å². The highest BCUT2D eigenvalue weighted by Crippen LogP contribution is 2.25. The minimum absolute atomic E-state index is 0.0397. The Labute approximate surface area is 208 Å². The number of aromatic nitrogens is 3. The van der Waals surface area contributed by atoms with E-state index in [2.05, 4.69) is 21.8 Å². The van der Waals surface area contributed by atoms with Gasteiger partial charge in [0.2, 0.25) is 0 Å². The van der Waals surface area contributed by atoms with Crippen LogP contribution >= 0.6 is 0 Å². The lowest BCUT2D eigenvalue weighted by Crippen LogP contribution is -2.30. The Morgan fingerprint density at radius 1 is 1.31 bits per heavy atom. The van der Waals surface area contributed by atoms with E-state index in [1.165, 1.54) is 24.8 Å². The van der Waals surface area contributed by atoms with Crippen LogP contribution in [0.25, 0.3) is 0 Å². The molecule has 4 rings (SSSR count). The molecule has 1 atom stereocenters. The van der Waals surface area contributed by atoms with Crippen molar-refractivity contribution >= 4 is 17.7 Å². The van der Waals surface area contributed by atoms with Gasteiger partial charge in [0.15, 0.2) is 11.6 Å². The van der Waals surface area contributed by atoms with Crippen molar-refractivity contribution in [2.45, 2.75) is 51.6 Å². The van der Waals surface area contributed by atoms with Gasteiger partial charge >= 0.3 is 5.97 Å². The van der Waals surface area contributed by atoms with E-state index in [-0.39, 0.29) is 5.75 Å². The lowest BCUT2D eigenvalue weighted by Gasteiger charge is -2.18. The zero-order chi connectivity index (χ0) is 25.7. The molecule has 10 heteroatoms. The van der Waals surface area contributed by atoms with Gasteiger partial charge in [0.05, 0.1) is 30.8 Å². The Balaban J connectivity index is 1.48. The molecule has 0 saturated carbocycles. The summed E-state index contributed by atoms with van der Waals surface area (Å²) >= 11 is 0. The molecule has 1 amide bonds. The number of carboxylic acids is 1. The van der Waals surface area contributed by atoms with Crippen molar-refractivity contribution in [1.82, 2.24) is 20.1 Å². The summed E-state index contributed by atoms with van der Waals surface area (Å²) in [4.78, 5) is 29.3. The highest BCUT2D eigenvalue weighted by molar-refractivity contribution is 5.95. The molecule has 1 aliphatic rings. The van der Waals surface area contributed by atoms with Crippen molar-refractivity contribution in [2.24, 2.45) is 0 Å². The molecule has 3 aromatic rings. The van der Waals surface area contributed by atoms with Gasteiger partial charge in [0.1, 0.15) is 5.82 Å². The number of benzene rings is 1. The van der Waals surface area contributed by atoms with Crippen LogP contribution in [0.5, 0.6) is 5.75 Å². The zero-order valence-electron chi connectivity index (χ0n) is 20.4. The lowest BCUT2D eigenvalue weighted by atomic mass is 10.0. The highest BCUT2D eigenvalue weighted by atomic mass is 19.1. The summed E-state index contributed by atoms with van der Waals surface area (Å²) in [5.41, 5.74) is 3.46. The molecule has 3 N–H and O–H groups in total. The van der Waals surface area contributed by atoms with Crippen molar-refractivity contribution < 1.29 is 23.8 Å². The third-order valence-corrected chi connectivity index (χ3v) is 6.23. The number of aryl methyl sites for hydroxylation is 4. The number of fused-ring (bicyclic) bond motifs is 1. The number of halogens is 1. The molecule has 1 aliphatic heterocycles. The van der Waals surface area contributed by atoms with Crippen LogP contribution in [0.1, 0.15) is 58.7 Å². The third kappa shape index (κ3) is 5.81. The summed E-state index contributed by atoms with van der Waals surface area (Å²) in [6.45, 7) is 3.36. The van der Waals surface area contributed by atoms with Gasteiger partial charge in [0.25, 0.3) is 5.91 Å². The zero-order valence-corrected chi connectivity index (χ0v) is 20.4. The summed E-state index contributed by atoms with van der Waals surface area (Å²) in [6.07, 6.45) is 4.57. The topological polar surface area (TPSA) is 118 Å². The molecule has 0 spiro atoms. The van der Waals surface area contributed by atoms with E-state index in [1.54, 1.807) is 16.9 Å². The summed E-state index contributed by atoms with van der Waals surface area (Å²) in [5.74, 6) is -1.23. The van der Waals surface area contributed by atoms with E-state index < -0.39 is 30.2 Å². The third-order valence-electron chi connectivity index (χ3n) is 6.23. The second kappa shape index (κ2) is 11.2. The first-order valence-corrected chi connectivity index (χ1v) is 12.0. The number of carboxylic acid groups (broad SMARTS) is 1. The average molecular weight is 496 g/mol. The van der Waals surface area contributed by atoms with Gasteiger partial charge in [-0.25, -0.2) is 9.37 Å². The number of hydrogen-bond acceptors (Lipinski definition) is 6. The molecule has 0 fully saturated rings. The van der Waals surface area contributed by atoms with Crippen LogP contribution in [0.2, 0.25) is 0 Å². The molecule has 3 heterocycles. The number of pyridine rings is 1. The minimum atomic E-state index is -1.12. The van der Waals surface area contributed by atoms with E-state index in [0.29, 0.717) is 36.2 Å². The molecule has 0 unspecified atom stereocenters. The van der Waals surface area contributed by atoms with E-state index in [1.807, 2.05) is 13.0 Å². The molecule has 36 heavy (non-hydrogen) atoms. The van der Waals surface area contributed by atoms with Crippen LogP contribution in [0.15, 0.2) is 36.5 Å². The predicted octanol–water partition coefficient (Wildman–Crippen LogP) is 3.53. The van der Waals surface area contributed by atoms with Crippen molar-refractivity contribution in [3.8, 4) is 5.75 Å². The number of nitrogens with zero attached hydrogens (tertiary/aromatic N) is 3. The maximum absolute atomic E-state index is 14.2. The quantitative estimate of drug-likeness (QED) is 0.394. The molecule has 190 valence electrons. The first-order valence-electron chi connectivity index (χ1n) is 12.0. The SMILES string of the molecule is CCc1nn(CCc2ccc3c(n2)NCCC3)cc1C(=O)N[C@@H](CC(=O)O)c1ccc(OC)c(F)c1. The Hall–Kier alpha value is -3.95. The van der Waals surface area contributed by atoms with Gasteiger partial charge < -0.3 is 20.5 Å². The number of hydrogen-bond donors (Lipinski definition) is 3. The van der Waals surface area contributed by atoms with Crippen LogP contribution in [0.3, 0.4) is 0 Å². The molecule has 2 aromatic heterocycles. The summed E-state index contributed by atoms with van der Waals surface area (Å²) in [7, 11) is 1.34. The summed E-state index contributed by atoms with van der Waals surface area (Å²) in [6, 6.07) is 7.33. The number of amides is 1. The second-order valence-corrected chi connectivity index (χ2v) is 8.71. The van der Waals surface area contributed by atoms with Crippen molar-refractivity contribution in [2.75, 3.05) is 19.0 Å². The number of carbonyl (C=O) groups excluding carboxylic acids is 1. The standard InChI is InChI=1S/C26H30FN5O4/c1-3-21-19(15-32(31-21)12-10-18-8-6-16-5-4-11-28-25(16)29-18)26(35)30-22(14-24(33)34)17-7-9-23(36-2)20(27)13-17/h6-9,13,15,22H,3-5,10-12,14H2,1-2H3,(H,28,29)(H,30,35)(H,33,34)/t22-/m0/s1. The first kappa shape index (κ1) is 25.2. The Morgan fingerprint density at radius 2 is 2.14 bits per heavy atom. The van der Waals surface area contributed by atoms with Gasteiger partial charge in [-0.05, 0) is 48.6 Å². The number of methoxy groups -OCH3 is 1. The molecule has 0 aliphatic carbocycles. The van der Waals surface area contributed by atoms with E-state index >= 15 is 0 Å². The number of carbonyl (C=O) groups is 2. The lowest BCUT2D eigenvalue weighted by molar-refractivity contribution is -0.137. The maximum atomic E-state index is 14.2. The van der Waals surface area contributed by atoms with Gasteiger partial charge in [-0.3, -0.25) is 14.3 Å². The Bertz CT molecular complexity index is 1260. The molecule has 1 aromatic carbocycles. The molecular formula is C26H30FN5O4.